The van der Waals surface area contributed by atoms with E-state index >= 15 is 0 Å². The Morgan fingerprint density at radius 3 is 2.79 bits per heavy atom. The van der Waals surface area contributed by atoms with Gasteiger partial charge >= 0.3 is 0 Å². The fourth-order valence-corrected chi connectivity index (χ4v) is 3.76. The van der Waals surface area contributed by atoms with Crippen molar-refractivity contribution < 1.29 is 23.8 Å². The normalized spacial score (nSPS) is 10.6. The second kappa shape index (κ2) is 11.3. The van der Waals surface area contributed by atoms with Gasteiger partial charge in [0.05, 0.1) is 12.3 Å². The van der Waals surface area contributed by atoms with Crippen LogP contribution in [0.15, 0.2) is 36.5 Å². The number of ketones is 1. The predicted octanol–water partition coefficient (Wildman–Crippen LogP) is 4.00. The van der Waals surface area contributed by atoms with Gasteiger partial charge in [0.2, 0.25) is 5.95 Å². The first kappa shape index (κ1) is 24.1. The number of anilines is 4. The number of nitrogens with zero attached hydrogens (tertiary/aromatic N) is 2. The Hall–Kier alpha value is -3.57. The fraction of sp³-hybridized carbons (Fsp3) is 0.273. The third-order valence-corrected chi connectivity index (χ3v) is 5.36. The van der Waals surface area contributed by atoms with Crippen LogP contribution in [-0.2, 0) is 0 Å². The summed E-state index contributed by atoms with van der Waals surface area (Å²) in [5, 5.41) is 15.1. The van der Waals surface area contributed by atoms with E-state index in [9.17, 15) is 14.0 Å². The molecule has 1 amide bonds. The number of nitrogens with one attached hydrogen (secondary N) is 2. The van der Waals surface area contributed by atoms with E-state index in [0.717, 1.165) is 17.8 Å². The highest BCUT2D eigenvalue weighted by Crippen LogP contribution is 2.32. The summed E-state index contributed by atoms with van der Waals surface area (Å²) in [5.74, 6) is -0.993. The minimum Gasteiger partial charge on any atom is -0.489 e. The molecule has 0 atom stereocenters. The molecule has 174 valence electrons. The van der Waals surface area contributed by atoms with Crippen molar-refractivity contribution in [2.45, 2.75) is 26.2 Å². The number of ether oxygens (including phenoxy) is 1. The number of hydrogen-bond acceptors (Lipinski definition) is 9. The molecule has 2 heterocycles. The van der Waals surface area contributed by atoms with Gasteiger partial charge in [0.15, 0.2) is 10.9 Å². The number of unbranched alkanes of at least 4 members (excludes halogenated alkanes) is 1. The SMILES string of the molecule is CCCCC(=O)c1nc(Nc2ccnc(F)c2)sc1NC(=O)c1ccc(OCCO)c(N)c1. The zero-order chi connectivity index (χ0) is 23.8. The monoisotopic (exact) mass is 473 g/mol. The van der Waals surface area contributed by atoms with E-state index in [2.05, 4.69) is 20.6 Å². The summed E-state index contributed by atoms with van der Waals surface area (Å²) in [7, 11) is 0. The molecule has 3 rings (SSSR count). The number of aliphatic hydroxyl groups excluding tert-OH is 1. The topological polar surface area (TPSA) is 139 Å². The number of rotatable bonds is 11. The van der Waals surface area contributed by atoms with Gasteiger partial charge in [-0.05, 0) is 30.7 Å². The summed E-state index contributed by atoms with van der Waals surface area (Å²) < 4.78 is 18.7. The van der Waals surface area contributed by atoms with Crippen molar-refractivity contribution in [2.24, 2.45) is 0 Å². The molecule has 0 spiro atoms. The number of nitrogen functional groups attached to an aromatic ring is 1. The van der Waals surface area contributed by atoms with E-state index in [1.807, 2.05) is 6.92 Å². The number of amides is 1. The van der Waals surface area contributed by atoms with Gasteiger partial charge in [-0.3, -0.25) is 9.59 Å². The third kappa shape index (κ3) is 6.46. The highest BCUT2D eigenvalue weighted by Gasteiger charge is 2.21. The first-order chi connectivity index (χ1) is 15.9. The van der Waals surface area contributed by atoms with Gasteiger partial charge in [0, 0.05) is 29.9 Å². The standard InChI is InChI=1S/C22H24FN5O4S/c1-2-3-4-16(30)19-21(33-22(27-19)26-14-7-8-25-18(23)12-14)28-20(31)13-5-6-17(15(24)11-13)32-10-9-29/h5-8,11-12,29H,2-4,9-10,24H2,1H3,(H,28,31)(H,25,26,27). The number of pyridine rings is 1. The van der Waals surface area contributed by atoms with E-state index in [0.29, 0.717) is 23.0 Å². The van der Waals surface area contributed by atoms with Crippen molar-refractivity contribution >= 4 is 44.5 Å². The smallest absolute Gasteiger partial charge is 0.256 e. The molecule has 3 aromatic rings. The molecule has 0 unspecified atom stereocenters. The lowest BCUT2D eigenvalue weighted by molar-refractivity contribution is 0.0976. The summed E-state index contributed by atoms with van der Waals surface area (Å²) >= 11 is 1.06. The molecule has 0 fully saturated rings. The van der Waals surface area contributed by atoms with Crippen LogP contribution in [0.5, 0.6) is 5.75 Å². The minimum absolute atomic E-state index is 0.0803. The number of carbonyl (C=O) groups is 2. The van der Waals surface area contributed by atoms with Gasteiger partial charge in [0.1, 0.15) is 23.1 Å². The number of Topliss-reactive ketones (excluding diaryl/α,β-unsaturated/α-hetero) is 1. The largest absolute Gasteiger partial charge is 0.489 e. The molecular formula is C22H24FN5O4S. The average Bonchev–Trinajstić information content (AvgIpc) is 3.18. The zero-order valence-electron chi connectivity index (χ0n) is 17.9. The van der Waals surface area contributed by atoms with Crippen molar-refractivity contribution in [3.63, 3.8) is 0 Å². The Labute approximate surface area is 193 Å². The summed E-state index contributed by atoms with van der Waals surface area (Å²) in [6.45, 7) is 1.89. The molecule has 0 aliphatic rings. The minimum atomic E-state index is -0.659. The average molecular weight is 474 g/mol. The van der Waals surface area contributed by atoms with Gasteiger partial charge in [-0.2, -0.15) is 4.39 Å². The summed E-state index contributed by atoms with van der Waals surface area (Å²) in [6, 6.07) is 7.26. The molecule has 2 aromatic heterocycles. The van der Waals surface area contributed by atoms with Crippen LogP contribution in [-0.4, -0.2) is 40.0 Å². The van der Waals surface area contributed by atoms with E-state index < -0.39 is 11.9 Å². The number of nitrogens with two attached hydrogens (primary N) is 1. The maximum absolute atomic E-state index is 13.4. The van der Waals surface area contributed by atoms with E-state index in [-0.39, 0.29) is 47.4 Å². The van der Waals surface area contributed by atoms with Crippen LogP contribution in [0.3, 0.4) is 0 Å². The van der Waals surface area contributed by atoms with Crippen molar-refractivity contribution in [2.75, 3.05) is 29.6 Å². The molecule has 5 N–H and O–H groups in total. The first-order valence-electron chi connectivity index (χ1n) is 10.3. The number of carbonyl (C=O) groups excluding carboxylic acids is 2. The van der Waals surface area contributed by atoms with Crippen LogP contribution in [0, 0.1) is 5.95 Å². The van der Waals surface area contributed by atoms with Gasteiger partial charge in [-0.1, -0.05) is 24.7 Å². The maximum atomic E-state index is 13.4. The Balaban J connectivity index is 1.83. The number of aliphatic hydroxyl groups is 1. The summed E-state index contributed by atoms with van der Waals surface area (Å²) in [6.07, 6.45) is 3.12. The second-order valence-corrected chi connectivity index (χ2v) is 7.99. The van der Waals surface area contributed by atoms with Crippen molar-refractivity contribution in [1.29, 1.82) is 0 Å². The zero-order valence-corrected chi connectivity index (χ0v) is 18.7. The van der Waals surface area contributed by atoms with Crippen LogP contribution in [0.25, 0.3) is 0 Å². The van der Waals surface area contributed by atoms with Crippen LogP contribution >= 0.6 is 11.3 Å². The van der Waals surface area contributed by atoms with Crippen molar-refractivity contribution in [1.82, 2.24) is 9.97 Å². The lowest BCUT2D eigenvalue weighted by atomic mass is 10.1. The van der Waals surface area contributed by atoms with Crippen LogP contribution in [0.2, 0.25) is 0 Å². The Morgan fingerprint density at radius 2 is 2.09 bits per heavy atom. The predicted molar refractivity (Wildman–Crippen MR) is 125 cm³/mol. The maximum Gasteiger partial charge on any atom is 0.256 e. The number of thiazole rings is 1. The molecule has 0 aliphatic heterocycles. The third-order valence-electron chi connectivity index (χ3n) is 4.47. The molecule has 0 radical (unpaired) electrons. The number of benzene rings is 1. The van der Waals surface area contributed by atoms with Crippen molar-refractivity contribution in [3.05, 3.63) is 53.7 Å². The number of hydrogen-bond donors (Lipinski definition) is 4. The van der Waals surface area contributed by atoms with Gasteiger partial charge in [-0.15, -0.1) is 0 Å². The van der Waals surface area contributed by atoms with Gasteiger partial charge in [0.25, 0.3) is 5.91 Å². The Kier molecular flexibility index (Phi) is 8.28. The molecule has 33 heavy (non-hydrogen) atoms. The quantitative estimate of drug-likeness (QED) is 0.186. The van der Waals surface area contributed by atoms with Crippen LogP contribution in [0.1, 0.15) is 47.0 Å². The molecule has 9 nitrogen and oxygen atoms in total. The first-order valence-corrected chi connectivity index (χ1v) is 11.1. The molecule has 0 bridgehead atoms. The number of halogens is 1. The van der Waals surface area contributed by atoms with E-state index in [1.165, 1.54) is 30.5 Å². The molecular weight excluding hydrogens is 449 g/mol. The lowest BCUT2D eigenvalue weighted by Gasteiger charge is -2.10. The Morgan fingerprint density at radius 1 is 1.27 bits per heavy atom. The molecule has 0 aliphatic carbocycles. The highest BCUT2D eigenvalue weighted by molar-refractivity contribution is 7.20. The summed E-state index contributed by atoms with van der Waals surface area (Å²) in [5.41, 5.74) is 6.97. The number of aromatic nitrogens is 2. The Bertz CT molecular complexity index is 1140. The van der Waals surface area contributed by atoms with Gasteiger partial charge in [-0.25, -0.2) is 9.97 Å². The van der Waals surface area contributed by atoms with E-state index in [4.69, 9.17) is 15.6 Å². The molecule has 1 aromatic carbocycles. The lowest BCUT2D eigenvalue weighted by Crippen LogP contribution is -2.14. The van der Waals surface area contributed by atoms with E-state index in [1.54, 1.807) is 6.07 Å². The van der Waals surface area contributed by atoms with Gasteiger partial charge < -0.3 is 26.2 Å². The highest BCUT2D eigenvalue weighted by atomic mass is 32.1. The molecule has 0 saturated carbocycles. The fourth-order valence-electron chi connectivity index (χ4n) is 2.86. The van der Waals surface area contributed by atoms with Crippen molar-refractivity contribution in [3.8, 4) is 5.75 Å². The van der Waals surface area contributed by atoms with Crippen LogP contribution < -0.4 is 21.1 Å². The molecule has 11 heteroatoms. The van der Waals surface area contributed by atoms with Crippen LogP contribution in [0.4, 0.5) is 25.9 Å². The second-order valence-electron chi connectivity index (χ2n) is 6.99. The summed E-state index contributed by atoms with van der Waals surface area (Å²) in [4.78, 5) is 33.4. The molecule has 0 saturated heterocycles.